The number of carbonyl (C=O) groups excluding carboxylic acids is 1. The highest BCUT2D eigenvalue weighted by Gasteiger charge is 2.36. The molecule has 0 aliphatic carbocycles. The van der Waals surface area contributed by atoms with Crippen molar-refractivity contribution >= 4 is 5.97 Å². The minimum atomic E-state index is -0.0412. The van der Waals surface area contributed by atoms with Gasteiger partial charge in [0.05, 0.1) is 19.1 Å². The van der Waals surface area contributed by atoms with Gasteiger partial charge in [-0.15, -0.1) is 0 Å². The molecule has 1 aliphatic rings. The van der Waals surface area contributed by atoms with Crippen LogP contribution in [-0.4, -0.2) is 50.3 Å². The van der Waals surface area contributed by atoms with Crippen molar-refractivity contribution < 1.29 is 14.3 Å². The Kier molecular flexibility index (Phi) is 7.56. The Balaban J connectivity index is 1.84. The van der Waals surface area contributed by atoms with Crippen LogP contribution in [0.2, 0.25) is 0 Å². The fourth-order valence-electron chi connectivity index (χ4n) is 3.38. The largest absolute Gasteiger partial charge is 0.466 e. The first-order chi connectivity index (χ1) is 11.2. The van der Waals surface area contributed by atoms with E-state index in [1.54, 1.807) is 7.11 Å². The predicted octanol–water partition coefficient (Wildman–Crippen LogP) is 2.91. The first-order valence-electron chi connectivity index (χ1n) is 8.68. The van der Waals surface area contributed by atoms with Crippen LogP contribution in [0.3, 0.4) is 0 Å². The molecule has 0 radical (unpaired) electrons. The second-order valence-corrected chi connectivity index (χ2v) is 6.20. The van der Waals surface area contributed by atoms with Crippen LogP contribution < -0.4 is 0 Å². The van der Waals surface area contributed by atoms with Crippen molar-refractivity contribution in [3.63, 3.8) is 0 Å². The number of rotatable bonds is 9. The van der Waals surface area contributed by atoms with Crippen molar-refractivity contribution in [1.82, 2.24) is 4.90 Å². The molecule has 2 atom stereocenters. The predicted molar refractivity (Wildman–Crippen MR) is 91.4 cm³/mol. The first kappa shape index (κ1) is 18.0. The van der Waals surface area contributed by atoms with Gasteiger partial charge in [0.25, 0.3) is 0 Å². The summed E-state index contributed by atoms with van der Waals surface area (Å²) in [6.07, 6.45) is 4.28. The second kappa shape index (κ2) is 9.68. The van der Waals surface area contributed by atoms with Crippen LogP contribution in [0.25, 0.3) is 0 Å². The van der Waals surface area contributed by atoms with Crippen molar-refractivity contribution in [2.24, 2.45) is 5.92 Å². The molecule has 0 bridgehead atoms. The summed E-state index contributed by atoms with van der Waals surface area (Å²) in [6.45, 7) is 4.74. The average Bonchev–Trinajstić information content (AvgIpc) is 2.97. The lowest BCUT2D eigenvalue weighted by Crippen LogP contribution is -2.33. The molecular formula is C19H29NO3. The van der Waals surface area contributed by atoms with E-state index in [0.717, 1.165) is 38.8 Å². The molecule has 128 valence electrons. The molecule has 23 heavy (non-hydrogen) atoms. The van der Waals surface area contributed by atoms with Crippen molar-refractivity contribution in [3.05, 3.63) is 35.9 Å². The maximum atomic E-state index is 12.0. The van der Waals surface area contributed by atoms with Gasteiger partial charge in [0.15, 0.2) is 0 Å². The summed E-state index contributed by atoms with van der Waals surface area (Å²) in [5.74, 6) is -0.0194. The molecular weight excluding hydrogens is 290 g/mol. The summed E-state index contributed by atoms with van der Waals surface area (Å²) in [5, 5.41) is 0. The molecule has 0 aromatic heterocycles. The second-order valence-electron chi connectivity index (χ2n) is 6.20. The minimum Gasteiger partial charge on any atom is -0.466 e. The highest BCUT2D eigenvalue weighted by atomic mass is 16.5. The summed E-state index contributed by atoms with van der Waals surface area (Å²) >= 11 is 0. The number of ether oxygens (including phenoxy) is 2. The summed E-state index contributed by atoms with van der Waals surface area (Å²) < 4.78 is 10.4. The molecule has 0 unspecified atom stereocenters. The topological polar surface area (TPSA) is 38.8 Å². The third kappa shape index (κ3) is 5.63. The van der Waals surface area contributed by atoms with Gasteiger partial charge in [-0.2, -0.15) is 0 Å². The van der Waals surface area contributed by atoms with Gasteiger partial charge in [-0.25, -0.2) is 0 Å². The Morgan fingerprint density at radius 2 is 2.09 bits per heavy atom. The van der Waals surface area contributed by atoms with E-state index in [9.17, 15) is 4.79 Å². The summed E-state index contributed by atoms with van der Waals surface area (Å²) in [5.41, 5.74) is 1.39. The SMILES string of the molecule is CCOC(=O)[C@H]1C[C@@H](CCCc2ccccc2)N(CCOC)C1. The van der Waals surface area contributed by atoms with E-state index in [4.69, 9.17) is 9.47 Å². The fourth-order valence-corrected chi connectivity index (χ4v) is 3.38. The van der Waals surface area contributed by atoms with E-state index in [0.29, 0.717) is 19.3 Å². The van der Waals surface area contributed by atoms with Crippen molar-refractivity contribution in [2.75, 3.05) is 33.4 Å². The lowest BCUT2D eigenvalue weighted by atomic mass is 10.00. The van der Waals surface area contributed by atoms with E-state index >= 15 is 0 Å². The Bertz CT molecular complexity index is 463. The van der Waals surface area contributed by atoms with Gasteiger partial charge in [-0.3, -0.25) is 9.69 Å². The molecule has 0 amide bonds. The van der Waals surface area contributed by atoms with E-state index in [2.05, 4.69) is 35.2 Å². The number of methoxy groups -OCH3 is 1. The standard InChI is InChI=1S/C19H29NO3/c1-3-23-19(21)17-14-18(20(15-17)12-13-22-2)11-7-10-16-8-5-4-6-9-16/h4-6,8-9,17-18H,3,7,10-15H2,1-2H3/t17-,18+/m0/s1. The normalized spacial score (nSPS) is 21.5. The molecule has 0 spiro atoms. The number of nitrogens with zero attached hydrogens (tertiary/aromatic N) is 1. The van der Waals surface area contributed by atoms with E-state index in [-0.39, 0.29) is 11.9 Å². The zero-order valence-corrected chi connectivity index (χ0v) is 14.4. The van der Waals surface area contributed by atoms with E-state index < -0.39 is 0 Å². The lowest BCUT2D eigenvalue weighted by Gasteiger charge is -2.23. The molecule has 1 heterocycles. The van der Waals surface area contributed by atoms with Crippen LogP contribution in [-0.2, 0) is 20.7 Å². The smallest absolute Gasteiger partial charge is 0.310 e. The van der Waals surface area contributed by atoms with E-state index in [1.165, 1.54) is 5.56 Å². The number of likely N-dealkylation sites (tertiary alicyclic amines) is 1. The van der Waals surface area contributed by atoms with Gasteiger partial charge in [-0.1, -0.05) is 30.3 Å². The third-order valence-corrected chi connectivity index (χ3v) is 4.58. The Labute approximate surface area is 139 Å². The van der Waals surface area contributed by atoms with Gasteiger partial charge < -0.3 is 9.47 Å². The molecule has 4 nitrogen and oxygen atoms in total. The van der Waals surface area contributed by atoms with E-state index in [1.807, 2.05) is 6.92 Å². The van der Waals surface area contributed by atoms with Gasteiger partial charge in [-0.05, 0) is 38.2 Å². The third-order valence-electron chi connectivity index (χ3n) is 4.58. The maximum Gasteiger partial charge on any atom is 0.310 e. The maximum absolute atomic E-state index is 12.0. The highest BCUT2D eigenvalue weighted by molar-refractivity contribution is 5.73. The van der Waals surface area contributed by atoms with Crippen molar-refractivity contribution in [3.8, 4) is 0 Å². The monoisotopic (exact) mass is 319 g/mol. The van der Waals surface area contributed by atoms with Crippen LogP contribution >= 0.6 is 0 Å². The molecule has 2 rings (SSSR count). The van der Waals surface area contributed by atoms with Gasteiger partial charge in [0, 0.05) is 26.2 Å². The number of hydrogen-bond acceptors (Lipinski definition) is 4. The molecule has 1 aliphatic heterocycles. The minimum absolute atomic E-state index is 0.0218. The average molecular weight is 319 g/mol. The van der Waals surface area contributed by atoms with Gasteiger partial charge in [0.1, 0.15) is 0 Å². The Morgan fingerprint density at radius 3 is 2.78 bits per heavy atom. The van der Waals surface area contributed by atoms with Crippen LogP contribution in [0.1, 0.15) is 31.7 Å². The Morgan fingerprint density at radius 1 is 1.30 bits per heavy atom. The fraction of sp³-hybridized carbons (Fsp3) is 0.632. The van der Waals surface area contributed by atoms with Gasteiger partial charge >= 0.3 is 5.97 Å². The lowest BCUT2D eigenvalue weighted by molar-refractivity contribution is -0.147. The first-order valence-corrected chi connectivity index (χ1v) is 8.68. The highest BCUT2D eigenvalue weighted by Crippen LogP contribution is 2.27. The number of benzene rings is 1. The molecule has 0 N–H and O–H groups in total. The van der Waals surface area contributed by atoms with Gasteiger partial charge in [0.2, 0.25) is 0 Å². The van der Waals surface area contributed by atoms with Crippen LogP contribution in [0, 0.1) is 5.92 Å². The quantitative estimate of drug-likeness (QED) is 0.656. The number of aryl methyl sites for hydroxylation is 1. The summed E-state index contributed by atoms with van der Waals surface area (Å²) in [7, 11) is 1.73. The zero-order chi connectivity index (χ0) is 16.5. The Hall–Kier alpha value is -1.39. The molecule has 1 saturated heterocycles. The van der Waals surface area contributed by atoms with Crippen molar-refractivity contribution in [1.29, 1.82) is 0 Å². The molecule has 1 fully saturated rings. The van der Waals surface area contributed by atoms with Crippen LogP contribution in [0.4, 0.5) is 0 Å². The van der Waals surface area contributed by atoms with Crippen molar-refractivity contribution in [2.45, 2.75) is 38.6 Å². The molecule has 0 saturated carbocycles. The number of hydrogen-bond donors (Lipinski definition) is 0. The summed E-state index contributed by atoms with van der Waals surface area (Å²) in [4.78, 5) is 14.4. The molecule has 1 aromatic rings. The number of carbonyl (C=O) groups is 1. The summed E-state index contributed by atoms with van der Waals surface area (Å²) in [6, 6.07) is 11.1. The van der Waals surface area contributed by atoms with Crippen LogP contribution in [0.5, 0.6) is 0 Å². The van der Waals surface area contributed by atoms with Crippen LogP contribution in [0.15, 0.2) is 30.3 Å². The molecule has 4 heteroatoms. The number of esters is 1. The molecule has 1 aromatic carbocycles. The zero-order valence-electron chi connectivity index (χ0n) is 14.4.